The fourth-order valence-corrected chi connectivity index (χ4v) is 4.90. The van der Waals surface area contributed by atoms with Gasteiger partial charge < -0.3 is 10.4 Å². The van der Waals surface area contributed by atoms with Gasteiger partial charge in [-0.15, -0.1) is 11.3 Å². The summed E-state index contributed by atoms with van der Waals surface area (Å²) >= 11 is 2.02. The van der Waals surface area contributed by atoms with Crippen LogP contribution in [0.15, 0.2) is 6.07 Å². The number of aliphatic hydroxyl groups is 1. The Morgan fingerprint density at radius 1 is 1.30 bits per heavy atom. The van der Waals surface area contributed by atoms with Crippen LogP contribution in [0.25, 0.3) is 0 Å². The summed E-state index contributed by atoms with van der Waals surface area (Å²) in [6.45, 7) is 3.34. The summed E-state index contributed by atoms with van der Waals surface area (Å²) in [5.41, 5.74) is 1.61. The summed E-state index contributed by atoms with van der Waals surface area (Å²) in [4.78, 5) is 3.14. The molecule has 0 saturated heterocycles. The van der Waals surface area contributed by atoms with Crippen molar-refractivity contribution >= 4 is 11.3 Å². The SMILES string of the molecule is CC(NCC1CCCC(O)C1)c1cc2c(s1)CCCC2. The Kier molecular flexibility index (Phi) is 4.79. The quantitative estimate of drug-likeness (QED) is 0.884. The second-order valence-corrected chi connectivity index (χ2v) is 7.79. The zero-order chi connectivity index (χ0) is 13.9. The molecule has 3 rings (SSSR count). The van der Waals surface area contributed by atoms with Gasteiger partial charge in [0.1, 0.15) is 0 Å². The van der Waals surface area contributed by atoms with Crippen LogP contribution in [0.5, 0.6) is 0 Å². The van der Waals surface area contributed by atoms with Crippen LogP contribution in [-0.4, -0.2) is 17.8 Å². The predicted molar refractivity (Wildman–Crippen MR) is 85.3 cm³/mol. The van der Waals surface area contributed by atoms with Gasteiger partial charge in [0.2, 0.25) is 0 Å². The summed E-state index contributed by atoms with van der Waals surface area (Å²) in [6.07, 6.45) is 9.71. The van der Waals surface area contributed by atoms with E-state index in [1.54, 1.807) is 10.4 Å². The largest absolute Gasteiger partial charge is 0.393 e. The van der Waals surface area contributed by atoms with E-state index in [1.165, 1.54) is 43.4 Å². The highest BCUT2D eigenvalue weighted by atomic mass is 32.1. The summed E-state index contributed by atoms with van der Waals surface area (Å²) in [5.74, 6) is 0.663. The molecule has 2 N–H and O–H groups in total. The molecule has 1 fully saturated rings. The van der Waals surface area contributed by atoms with Crippen molar-refractivity contribution in [3.8, 4) is 0 Å². The Morgan fingerprint density at radius 3 is 2.95 bits per heavy atom. The lowest BCUT2D eigenvalue weighted by Gasteiger charge is -2.27. The average molecular weight is 293 g/mol. The van der Waals surface area contributed by atoms with Gasteiger partial charge >= 0.3 is 0 Å². The molecule has 0 aromatic carbocycles. The fourth-order valence-electron chi connectivity index (χ4n) is 3.62. The van der Waals surface area contributed by atoms with Gasteiger partial charge in [-0.1, -0.05) is 6.42 Å². The molecule has 2 nitrogen and oxygen atoms in total. The third-order valence-corrected chi connectivity index (χ3v) is 6.33. The molecule has 1 saturated carbocycles. The van der Waals surface area contributed by atoms with E-state index in [9.17, 15) is 5.11 Å². The highest BCUT2D eigenvalue weighted by Gasteiger charge is 2.21. The number of aryl methyl sites for hydroxylation is 2. The number of thiophene rings is 1. The van der Waals surface area contributed by atoms with E-state index in [2.05, 4.69) is 18.3 Å². The molecule has 1 aromatic heterocycles. The normalized spacial score (nSPS) is 28.1. The van der Waals surface area contributed by atoms with Crippen molar-refractivity contribution in [3.05, 3.63) is 21.4 Å². The third-order valence-electron chi connectivity index (χ3n) is 4.91. The molecular formula is C17H27NOS. The molecule has 20 heavy (non-hydrogen) atoms. The van der Waals surface area contributed by atoms with Gasteiger partial charge in [0.25, 0.3) is 0 Å². The Morgan fingerprint density at radius 2 is 2.15 bits per heavy atom. The smallest absolute Gasteiger partial charge is 0.0543 e. The van der Waals surface area contributed by atoms with Crippen molar-refractivity contribution in [1.82, 2.24) is 5.32 Å². The van der Waals surface area contributed by atoms with Gasteiger partial charge in [0.05, 0.1) is 6.10 Å². The Labute approximate surface area is 126 Å². The zero-order valence-electron chi connectivity index (χ0n) is 12.5. The molecule has 3 unspecified atom stereocenters. The highest BCUT2D eigenvalue weighted by Crippen LogP contribution is 2.33. The number of hydrogen-bond acceptors (Lipinski definition) is 3. The topological polar surface area (TPSA) is 32.3 Å². The first-order chi connectivity index (χ1) is 9.72. The van der Waals surface area contributed by atoms with E-state index < -0.39 is 0 Å². The van der Waals surface area contributed by atoms with Gasteiger partial charge in [-0.25, -0.2) is 0 Å². The lowest BCUT2D eigenvalue weighted by Crippen LogP contribution is -2.30. The van der Waals surface area contributed by atoms with E-state index in [4.69, 9.17) is 0 Å². The molecule has 0 radical (unpaired) electrons. The van der Waals surface area contributed by atoms with Crippen LogP contribution in [0.3, 0.4) is 0 Å². The number of aliphatic hydroxyl groups excluding tert-OH is 1. The maximum atomic E-state index is 9.75. The summed E-state index contributed by atoms with van der Waals surface area (Å²) in [6, 6.07) is 2.90. The summed E-state index contributed by atoms with van der Waals surface area (Å²) in [7, 11) is 0. The molecule has 112 valence electrons. The first kappa shape index (κ1) is 14.6. The summed E-state index contributed by atoms with van der Waals surface area (Å²) in [5, 5.41) is 13.4. The lowest BCUT2D eigenvalue weighted by molar-refractivity contribution is 0.0998. The molecule has 1 aromatic rings. The average Bonchev–Trinajstić information content (AvgIpc) is 2.89. The second kappa shape index (κ2) is 6.59. The van der Waals surface area contributed by atoms with Gasteiger partial charge in [-0.3, -0.25) is 0 Å². The zero-order valence-corrected chi connectivity index (χ0v) is 13.3. The fraction of sp³-hybridized carbons (Fsp3) is 0.765. The lowest BCUT2D eigenvalue weighted by atomic mass is 9.87. The van der Waals surface area contributed by atoms with Crippen LogP contribution in [0, 0.1) is 5.92 Å². The van der Waals surface area contributed by atoms with Gasteiger partial charge in [0, 0.05) is 15.8 Å². The predicted octanol–water partition coefficient (Wildman–Crippen LogP) is 3.83. The first-order valence-corrected chi connectivity index (χ1v) is 9.07. The van der Waals surface area contributed by atoms with E-state index in [-0.39, 0.29) is 6.10 Å². The highest BCUT2D eigenvalue weighted by molar-refractivity contribution is 7.12. The first-order valence-electron chi connectivity index (χ1n) is 8.25. The van der Waals surface area contributed by atoms with E-state index in [0.29, 0.717) is 12.0 Å². The van der Waals surface area contributed by atoms with Crippen molar-refractivity contribution < 1.29 is 5.11 Å². The minimum atomic E-state index is -0.0556. The maximum Gasteiger partial charge on any atom is 0.0543 e. The van der Waals surface area contributed by atoms with Crippen LogP contribution in [-0.2, 0) is 12.8 Å². The molecule has 0 bridgehead atoms. The van der Waals surface area contributed by atoms with Gasteiger partial charge in [-0.05, 0) is 76.0 Å². The standard InChI is InChI=1S/C17H27NOS/c1-12(18-11-13-5-4-7-15(19)9-13)17-10-14-6-2-3-8-16(14)20-17/h10,12-13,15,18-19H,2-9,11H2,1H3. The van der Waals surface area contributed by atoms with E-state index in [0.717, 1.165) is 19.4 Å². The summed E-state index contributed by atoms with van der Waals surface area (Å²) < 4.78 is 0. The molecule has 0 aliphatic heterocycles. The van der Waals surface area contributed by atoms with E-state index in [1.807, 2.05) is 11.3 Å². The van der Waals surface area contributed by atoms with Crippen molar-refractivity contribution in [2.24, 2.45) is 5.92 Å². The van der Waals surface area contributed by atoms with Gasteiger partial charge in [0.15, 0.2) is 0 Å². The van der Waals surface area contributed by atoms with Crippen LogP contribution >= 0.6 is 11.3 Å². The van der Waals surface area contributed by atoms with Crippen LogP contribution < -0.4 is 5.32 Å². The monoisotopic (exact) mass is 293 g/mol. The van der Waals surface area contributed by atoms with E-state index >= 15 is 0 Å². The molecule has 2 aliphatic rings. The van der Waals surface area contributed by atoms with Crippen molar-refractivity contribution in [3.63, 3.8) is 0 Å². The Bertz CT molecular complexity index is 419. The Hall–Kier alpha value is -0.380. The number of fused-ring (bicyclic) bond motifs is 1. The van der Waals surface area contributed by atoms with Crippen LogP contribution in [0.4, 0.5) is 0 Å². The minimum absolute atomic E-state index is 0.0556. The molecule has 1 heterocycles. The van der Waals surface area contributed by atoms with Crippen LogP contribution in [0.1, 0.15) is 66.8 Å². The van der Waals surface area contributed by atoms with Crippen molar-refractivity contribution in [2.75, 3.05) is 6.54 Å². The van der Waals surface area contributed by atoms with Crippen LogP contribution in [0.2, 0.25) is 0 Å². The molecule has 0 spiro atoms. The molecule has 2 aliphatic carbocycles. The molecule has 3 atom stereocenters. The third kappa shape index (κ3) is 3.44. The number of rotatable bonds is 4. The van der Waals surface area contributed by atoms with Crippen molar-refractivity contribution in [1.29, 1.82) is 0 Å². The van der Waals surface area contributed by atoms with Gasteiger partial charge in [-0.2, -0.15) is 0 Å². The molecule has 0 amide bonds. The Balaban J connectivity index is 1.53. The van der Waals surface area contributed by atoms with Crippen molar-refractivity contribution in [2.45, 2.75) is 70.4 Å². The molecular weight excluding hydrogens is 266 g/mol. The number of nitrogens with one attached hydrogen (secondary N) is 1. The molecule has 3 heteroatoms. The maximum absolute atomic E-state index is 9.75. The minimum Gasteiger partial charge on any atom is -0.393 e. The number of hydrogen-bond donors (Lipinski definition) is 2. The second-order valence-electron chi connectivity index (χ2n) is 6.62.